The molecule has 0 saturated heterocycles. The number of nitrogens with zero attached hydrogens (tertiary/aromatic N) is 1. The summed E-state index contributed by atoms with van der Waals surface area (Å²) in [6.07, 6.45) is 0.628. The van der Waals surface area contributed by atoms with Crippen molar-refractivity contribution in [2.45, 2.75) is 18.2 Å². The molecule has 0 unspecified atom stereocenters. The molecular formula is C15H16N2O5S. The smallest absolute Gasteiger partial charge is 0.293 e. The summed E-state index contributed by atoms with van der Waals surface area (Å²) < 4.78 is 32.4. The first-order chi connectivity index (χ1) is 10.9. The van der Waals surface area contributed by atoms with Gasteiger partial charge in [0.2, 0.25) is 0 Å². The molecule has 0 spiro atoms. The highest BCUT2D eigenvalue weighted by atomic mass is 32.2. The molecule has 0 aliphatic heterocycles. The number of hydrogen-bond acceptors (Lipinski definition) is 5. The fourth-order valence-corrected chi connectivity index (χ4v) is 3.38. The zero-order valence-corrected chi connectivity index (χ0v) is 13.5. The van der Waals surface area contributed by atoms with E-state index in [1.54, 1.807) is 24.3 Å². The van der Waals surface area contributed by atoms with Gasteiger partial charge in [-0.2, -0.15) is 0 Å². The molecule has 0 amide bonds. The highest BCUT2D eigenvalue weighted by molar-refractivity contribution is 7.92. The van der Waals surface area contributed by atoms with E-state index < -0.39 is 25.5 Å². The molecule has 8 heteroatoms. The summed E-state index contributed by atoms with van der Waals surface area (Å²) in [4.78, 5) is 10.0. The Hall–Kier alpha value is -2.61. The number of benzene rings is 2. The number of para-hydroxylation sites is 1. The minimum absolute atomic E-state index is 0.213. The van der Waals surface area contributed by atoms with Gasteiger partial charge in [0.05, 0.1) is 23.8 Å². The lowest BCUT2D eigenvalue weighted by Gasteiger charge is -2.12. The van der Waals surface area contributed by atoms with E-state index in [0.29, 0.717) is 12.1 Å². The summed E-state index contributed by atoms with van der Waals surface area (Å²) in [6, 6.07) is 10.5. The van der Waals surface area contributed by atoms with Gasteiger partial charge in [0.25, 0.3) is 15.7 Å². The number of aryl methyl sites for hydroxylation is 1. The molecule has 0 bridgehead atoms. The number of rotatable bonds is 6. The summed E-state index contributed by atoms with van der Waals surface area (Å²) in [5.41, 5.74) is 0.665. The molecule has 2 rings (SSSR count). The second-order valence-corrected chi connectivity index (χ2v) is 6.36. The van der Waals surface area contributed by atoms with E-state index in [-0.39, 0.29) is 5.75 Å². The second kappa shape index (κ2) is 6.66. The lowest BCUT2D eigenvalue weighted by molar-refractivity contribution is -0.387. The third kappa shape index (κ3) is 3.59. The van der Waals surface area contributed by atoms with Gasteiger partial charge in [0.15, 0.2) is 4.90 Å². The number of sulfonamides is 1. The van der Waals surface area contributed by atoms with Crippen LogP contribution in [0.3, 0.4) is 0 Å². The highest BCUT2D eigenvalue weighted by Gasteiger charge is 2.27. The standard InChI is InChI=1S/C15H16N2O5S/c1-3-11-6-4-5-7-13(11)16-23(20,21)15-9-8-12(22-2)10-14(15)17(18)19/h4-10,16H,3H2,1-2H3. The summed E-state index contributed by atoms with van der Waals surface area (Å²) >= 11 is 0. The lowest BCUT2D eigenvalue weighted by Crippen LogP contribution is -2.15. The first-order valence-electron chi connectivity index (χ1n) is 6.82. The van der Waals surface area contributed by atoms with Gasteiger partial charge < -0.3 is 4.74 Å². The third-order valence-electron chi connectivity index (χ3n) is 3.29. The average molecular weight is 336 g/mol. The zero-order valence-electron chi connectivity index (χ0n) is 12.6. The molecule has 0 atom stereocenters. The maximum absolute atomic E-state index is 12.5. The van der Waals surface area contributed by atoms with Crippen LogP contribution in [0.4, 0.5) is 11.4 Å². The fraction of sp³-hybridized carbons (Fsp3) is 0.200. The normalized spacial score (nSPS) is 11.0. The van der Waals surface area contributed by atoms with Crippen LogP contribution < -0.4 is 9.46 Å². The number of hydrogen-bond donors (Lipinski definition) is 1. The summed E-state index contributed by atoms with van der Waals surface area (Å²) in [5, 5.41) is 11.2. The van der Waals surface area contributed by atoms with Gasteiger partial charge in [-0.1, -0.05) is 25.1 Å². The average Bonchev–Trinajstić information content (AvgIpc) is 2.54. The maximum atomic E-state index is 12.5. The number of anilines is 1. The Kier molecular flexibility index (Phi) is 4.85. The van der Waals surface area contributed by atoms with E-state index in [2.05, 4.69) is 4.72 Å². The Morgan fingerprint density at radius 2 is 1.91 bits per heavy atom. The van der Waals surface area contributed by atoms with Gasteiger partial charge in [0, 0.05) is 0 Å². The predicted molar refractivity (Wildman–Crippen MR) is 86.3 cm³/mol. The number of nitro benzene ring substituents is 1. The van der Waals surface area contributed by atoms with Crippen molar-refractivity contribution in [3.63, 3.8) is 0 Å². The Bertz CT molecular complexity index is 834. The van der Waals surface area contributed by atoms with Crippen LogP contribution in [0.25, 0.3) is 0 Å². The van der Waals surface area contributed by atoms with Crippen LogP contribution in [0.15, 0.2) is 47.4 Å². The molecular weight excluding hydrogens is 320 g/mol. The van der Waals surface area contributed by atoms with Crippen LogP contribution in [-0.2, 0) is 16.4 Å². The fourth-order valence-electron chi connectivity index (χ4n) is 2.12. The molecule has 0 radical (unpaired) electrons. The molecule has 0 aliphatic carbocycles. The Labute approximate surface area is 134 Å². The van der Waals surface area contributed by atoms with Crippen LogP contribution >= 0.6 is 0 Å². The minimum atomic E-state index is -4.09. The molecule has 122 valence electrons. The van der Waals surface area contributed by atoms with Gasteiger partial charge in [-0.05, 0) is 30.2 Å². The van der Waals surface area contributed by atoms with Crippen molar-refractivity contribution in [3.8, 4) is 5.75 Å². The van der Waals surface area contributed by atoms with Crippen molar-refractivity contribution in [2.24, 2.45) is 0 Å². The van der Waals surface area contributed by atoms with Gasteiger partial charge >= 0.3 is 0 Å². The van der Waals surface area contributed by atoms with Gasteiger partial charge in [0.1, 0.15) is 5.75 Å². The quantitative estimate of drug-likeness (QED) is 0.646. The first-order valence-corrected chi connectivity index (χ1v) is 8.30. The second-order valence-electron chi connectivity index (χ2n) is 4.71. The Morgan fingerprint density at radius 1 is 1.22 bits per heavy atom. The molecule has 2 aromatic carbocycles. The van der Waals surface area contributed by atoms with E-state index >= 15 is 0 Å². The molecule has 7 nitrogen and oxygen atoms in total. The molecule has 2 aromatic rings. The van der Waals surface area contributed by atoms with Crippen molar-refractivity contribution in [2.75, 3.05) is 11.8 Å². The molecule has 0 fully saturated rings. The molecule has 23 heavy (non-hydrogen) atoms. The first kappa shape index (κ1) is 16.8. The third-order valence-corrected chi connectivity index (χ3v) is 4.71. The number of nitrogens with one attached hydrogen (secondary N) is 1. The summed E-state index contributed by atoms with van der Waals surface area (Å²) in [5.74, 6) is 0.213. The summed E-state index contributed by atoms with van der Waals surface area (Å²) in [7, 11) is -2.74. The van der Waals surface area contributed by atoms with Crippen LogP contribution in [0, 0.1) is 10.1 Å². The zero-order chi connectivity index (χ0) is 17.0. The number of methoxy groups -OCH3 is 1. The van der Waals surface area contributed by atoms with E-state index in [1.807, 2.05) is 6.92 Å². The van der Waals surface area contributed by atoms with Crippen LogP contribution in [0.2, 0.25) is 0 Å². The van der Waals surface area contributed by atoms with Crippen LogP contribution in [0.1, 0.15) is 12.5 Å². The van der Waals surface area contributed by atoms with Crippen molar-refractivity contribution in [1.29, 1.82) is 0 Å². The maximum Gasteiger partial charge on any atom is 0.293 e. The van der Waals surface area contributed by atoms with Gasteiger partial charge in [-0.15, -0.1) is 0 Å². The molecule has 0 saturated carbocycles. The van der Waals surface area contributed by atoms with Gasteiger partial charge in [-0.25, -0.2) is 8.42 Å². The van der Waals surface area contributed by atoms with Gasteiger partial charge in [-0.3, -0.25) is 14.8 Å². The van der Waals surface area contributed by atoms with E-state index in [0.717, 1.165) is 17.7 Å². The molecule has 0 aliphatic rings. The van der Waals surface area contributed by atoms with Crippen molar-refractivity contribution < 1.29 is 18.1 Å². The van der Waals surface area contributed by atoms with E-state index in [4.69, 9.17) is 4.74 Å². The van der Waals surface area contributed by atoms with E-state index in [1.165, 1.54) is 13.2 Å². The SMILES string of the molecule is CCc1ccccc1NS(=O)(=O)c1ccc(OC)cc1[N+](=O)[O-]. The monoisotopic (exact) mass is 336 g/mol. The topological polar surface area (TPSA) is 98.5 Å². The minimum Gasteiger partial charge on any atom is -0.497 e. The van der Waals surface area contributed by atoms with Crippen molar-refractivity contribution in [3.05, 3.63) is 58.1 Å². The molecule has 0 aromatic heterocycles. The Balaban J connectivity index is 2.50. The number of nitro groups is 1. The van der Waals surface area contributed by atoms with Crippen molar-refractivity contribution in [1.82, 2.24) is 0 Å². The number of ether oxygens (including phenoxy) is 1. The Morgan fingerprint density at radius 3 is 2.52 bits per heavy atom. The predicted octanol–water partition coefficient (Wildman–Crippen LogP) is 2.97. The highest BCUT2D eigenvalue weighted by Crippen LogP contribution is 2.30. The van der Waals surface area contributed by atoms with Crippen LogP contribution in [-0.4, -0.2) is 20.5 Å². The van der Waals surface area contributed by atoms with Crippen molar-refractivity contribution >= 4 is 21.4 Å². The lowest BCUT2D eigenvalue weighted by atomic mass is 10.1. The molecule has 0 heterocycles. The van der Waals surface area contributed by atoms with E-state index in [9.17, 15) is 18.5 Å². The largest absolute Gasteiger partial charge is 0.497 e. The van der Waals surface area contributed by atoms with Crippen LogP contribution in [0.5, 0.6) is 5.75 Å². The molecule has 1 N–H and O–H groups in total. The summed E-state index contributed by atoms with van der Waals surface area (Å²) in [6.45, 7) is 1.89.